The lowest BCUT2D eigenvalue weighted by Gasteiger charge is -2.06. The van der Waals surface area contributed by atoms with Crippen LogP contribution in [0.25, 0.3) is 10.8 Å². The first-order valence-corrected chi connectivity index (χ1v) is 7.82. The highest BCUT2D eigenvalue weighted by Crippen LogP contribution is 2.24. The molecule has 0 spiro atoms. The molecule has 4 rings (SSSR count). The van der Waals surface area contributed by atoms with Gasteiger partial charge in [0, 0.05) is 29.9 Å². The van der Waals surface area contributed by atoms with Gasteiger partial charge in [-0.1, -0.05) is 0 Å². The highest BCUT2D eigenvalue weighted by molar-refractivity contribution is 7.15. The first-order valence-electron chi connectivity index (χ1n) is 6.94. The molecule has 104 valence electrons. The maximum absolute atomic E-state index is 4.76. The van der Waals surface area contributed by atoms with Crippen molar-refractivity contribution in [2.24, 2.45) is 0 Å². The van der Waals surface area contributed by atoms with E-state index >= 15 is 0 Å². The van der Waals surface area contributed by atoms with Crippen LogP contribution in [0.15, 0.2) is 17.6 Å². The number of rotatable bonds is 4. The molecule has 0 atom stereocenters. The van der Waals surface area contributed by atoms with Gasteiger partial charge in [-0.25, -0.2) is 4.68 Å². The Morgan fingerprint density at radius 3 is 2.95 bits per heavy atom. The summed E-state index contributed by atoms with van der Waals surface area (Å²) in [7, 11) is 0. The molecule has 0 unspecified atom stereocenters. The number of fused-ring (bicyclic) bond motifs is 1. The van der Waals surface area contributed by atoms with E-state index in [4.69, 9.17) is 4.98 Å². The SMILES string of the molecule is Cc1cc(C)n(-c2nc3sccn3c2CNC2CC2)n1. The maximum Gasteiger partial charge on any atom is 0.196 e. The molecule has 20 heavy (non-hydrogen) atoms. The first-order chi connectivity index (χ1) is 9.72. The monoisotopic (exact) mass is 287 g/mol. The molecule has 1 saturated carbocycles. The topological polar surface area (TPSA) is 47.1 Å². The van der Waals surface area contributed by atoms with Gasteiger partial charge in [0.25, 0.3) is 0 Å². The van der Waals surface area contributed by atoms with Crippen molar-refractivity contribution in [3.05, 3.63) is 34.7 Å². The molecule has 1 aliphatic carbocycles. The summed E-state index contributed by atoms with van der Waals surface area (Å²) in [5.74, 6) is 0.954. The Balaban J connectivity index is 1.82. The van der Waals surface area contributed by atoms with E-state index in [1.54, 1.807) is 11.3 Å². The third-order valence-electron chi connectivity index (χ3n) is 3.69. The average molecular weight is 287 g/mol. The summed E-state index contributed by atoms with van der Waals surface area (Å²) in [6, 6.07) is 2.78. The van der Waals surface area contributed by atoms with Gasteiger partial charge in [-0.2, -0.15) is 10.1 Å². The lowest BCUT2D eigenvalue weighted by Crippen LogP contribution is -2.18. The van der Waals surface area contributed by atoms with Crippen molar-refractivity contribution in [2.45, 2.75) is 39.3 Å². The summed E-state index contributed by atoms with van der Waals surface area (Å²) in [4.78, 5) is 5.79. The van der Waals surface area contributed by atoms with Crippen LogP contribution in [0.4, 0.5) is 0 Å². The van der Waals surface area contributed by atoms with E-state index in [0.29, 0.717) is 6.04 Å². The molecular formula is C14H17N5S. The van der Waals surface area contributed by atoms with Crippen LogP contribution < -0.4 is 5.32 Å². The van der Waals surface area contributed by atoms with Crippen LogP contribution >= 0.6 is 11.3 Å². The van der Waals surface area contributed by atoms with Crippen LogP contribution in [0.3, 0.4) is 0 Å². The molecule has 0 amide bonds. The van der Waals surface area contributed by atoms with Gasteiger partial charge in [0.2, 0.25) is 0 Å². The van der Waals surface area contributed by atoms with Gasteiger partial charge >= 0.3 is 0 Å². The summed E-state index contributed by atoms with van der Waals surface area (Å²) in [6.45, 7) is 4.94. The molecule has 6 heteroatoms. The van der Waals surface area contributed by atoms with Crippen molar-refractivity contribution in [3.63, 3.8) is 0 Å². The standard InChI is InChI=1S/C14H17N5S/c1-9-7-10(2)19(17-9)13-12(8-15-11-3-4-11)18-5-6-20-14(18)16-13/h5-7,11,15H,3-4,8H2,1-2H3. The molecular weight excluding hydrogens is 270 g/mol. The second-order valence-corrected chi connectivity index (χ2v) is 6.30. The van der Waals surface area contributed by atoms with Crippen molar-refractivity contribution in [1.29, 1.82) is 0 Å². The van der Waals surface area contributed by atoms with Crippen molar-refractivity contribution in [2.75, 3.05) is 0 Å². The maximum atomic E-state index is 4.76. The first kappa shape index (κ1) is 12.1. The molecule has 1 fully saturated rings. The van der Waals surface area contributed by atoms with Crippen LogP contribution in [0.1, 0.15) is 29.9 Å². The van der Waals surface area contributed by atoms with E-state index in [0.717, 1.165) is 28.7 Å². The zero-order valence-corrected chi connectivity index (χ0v) is 12.4. The van der Waals surface area contributed by atoms with E-state index in [2.05, 4.69) is 39.4 Å². The zero-order valence-electron chi connectivity index (χ0n) is 11.6. The van der Waals surface area contributed by atoms with E-state index in [-0.39, 0.29) is 0 Å². The van der Waals surface area contributed by atoms with Crippen molar-refractivity contribution in [3.8, 4) is 5.82 Å². The number of hydrogen-bond acceptors (Lipinski definition) is 4. The van der Waals surface area contributed by atoms with Crippen LogP contribution in [-0.2, 0) is 6.54 Å². The summed E-state index contributed by atoms with van der Waals surface area (Å²) in [5, 5.41) is 10.2. The highest BCUT2D eigenvalue weighted by Gasteiger charge is 2.23. The molecule has 5 nitrogen and oxygen atoms in total. The Morgan fingerprint density at radius 1 is 1.40 bits per heavy atom. The molecule has 1 N–H and O–H groups in total. The number of nitrogens with zero attached hydrogens (tertiary/aromatic N) is 4. The highest BCUT2D eigenvalue weighted by atomic mass is 32.1. The van der Waals surface area contributed by atoms with Gasteiger partial charge in [0.1, 0.15) is 0 Å². The zero-order chi connectivity index (χ0) is 13.7. The van der Waals surface area contributed by atoms with Gasteiger partial charge < -0.3 is 5.32 Å². The van der Waals surface area contributed by atoms with E-state index < -0.39 is 0 Å². The fourth-order valence-corrected chi connectivity index (χ4v) is 3.25. The molecule has 0 saturated heterocycles. The molecule has 0 bridgehead atoms. The number of hydrogen-bond donors (Lipinski definition) is 1. The minimum atomic E-state index is 0.687. The number of nitrogens with one attached hydrogen (secondary N) is 1. The summed E-state index contributed by atoms with van der Waals surface area (Å²) >= 11 is 1.66. The minimum Gasteiger partial charge on any atom is -0.308 e. The van der Waals surface area contributed by atoms with E-state index in [1.165, 1.54) is 18.5 Å². The fourth-order valence-electron chi connectivity index (χ4n) is 2.53. The molecule has 0 aromatic carbocycles. The minimum absolute atomic E-state index is 0.687. The molecule has 3 aromatic rings. The average Bonchev–Trinajstić information content (AvgIpc) is 2.86. The Labute approximate surface area is 121 Å². The van der Waals surface area contributed by atoms with Gasteiger partial charge in [-0.05, 0) is 32.8 Å². The van der Waals surface area contributed by atoms with Crippen LogP contribution in [0.2, 0.25) is 0 Å². The predicted molar refractivity (Wildman–Crippen MR) is 79.5 cm³/mol. The van der Waals surface area contributed by atoms with Gasteiger partial charge in [0.15, 0.2) is 10.8 Å². The number of imidazole rings is 1. The molecule has 0 aliphatic heterocycles. The third-order valence-corrected chi connectivity index (χ3v) is 4.44. The van der Waals surface area contributed by atoms with Crippen LogP contribution in [-0.4, -0.2) is 25.2 Å². The molecule has 0 radical (unpaired) electrons. The lowest BCUT2D eigenvalue weighted by atomic mass is 10.3. The third kappa shape index (κ3) is 1.96. The number of thiazole rings is 1. The van der Waals surface area contributed by atoms with Crippen molar-refractivity contribution >= 4 is 16.3 Å². The van der Waals surface area contributed by atoms with Gasteiger partial charge in [0.05, 0.1) is 11.4 Å². The quantitative estimate of drug-likeness (QED) is 0.802. The van der Waals surface area contributed by atoms with Crippen LogP contribution in [0, 0.1) is 13.8 Å². The lowest BCUT2D eigenvalue weighted by molar-refractivity contribution is 0.661. The summed E-state index contributed by atoms with van der Waals surface area (Å²) in [6.07, 6.45) is 4.67. The number of aryl methyl sites for hydroxylation is 2. The molecule has 3 heterocycles. The largest absolute Gasteiger partial charge is 0.308 e. The normalized spacial score (nSPS) is 15.3. The predicted octanol–water partition coefficient (Wildman–Crippen LogP) is 2.45. The van der Waals surface area contributed by atoms with E-state index in [9.17, 15) is 0 Å². The van der Waals surface area contributed by atoms with Gasteiger partial charge in [-0.15, -0.1) is 11.3 Å². The fraction of sp³-hybridized carbons (Fsp3) is 0.429. The van der Waals surface area contributed by atoms with Crippen molar-refractivity contribution in [1.82, 2.24) is 24.5 Å². The van der Waals surface area contributed by atoms with Crippen LogP contribution in [0.5, 0.6) is 0 Å². The smallest absolute Gasteiger partial charge is 0.196 e. The van der Waals surface area contributed by atoms with E-state index in [1.807, 2.05) is 11.6 Å². The van der Waals surface area contributed by atoms with Gasteiger partial charge in [-0.3, -0.25) is 4.40 Å². The Hall–Kier alpha value is -1.66. The molecule has 1 aliphatic rings. The Morgan fingerprint density at radius 2 is 2.25 bits per heavy atom. The Bertz CT molecular complexity index is 762. The second kappa shape index (κ2) is 4.43. The number of aromatic nitrogens is 4. The Kier molecular flexibility index (Phi) is 2.68. The van der Waals surface area contributed by atoms with Crippen molar-refractivity contribution < 1.29 is 0 Å². The summed E-state index contributed by atoms with van der Waals surface area (Å²) in [5.41, 5.74) is 3.35. The summed E-state index contributed by atoms with van der Waals surface area (Å²) < 4.78 is 4.13. The second-order valence-electron chi connectivity index (χ2n) is 5.43. The molecule has 3 aromatic heterocycles.